The molecule has 2 aromatic rings. The second kappa shape index (κ2) is 8.24. The summed E-state index contributed by atoms with van der Waals surface area (Å²) in [4.78, 5) is 22.9. The normalized spacial score (nSPS) is 10.3. The van der Waals surface area contributed by atoms with E-state index in [-0.39, 0.29) is 36.0 Å². The molecule has 0 bridgehead atoms. The van der Waals surface area contributed by atoms with Gasteiger partial charge in [-0.3, -0.25) is 14.9 Å². The number of nitro benzene ring substituents is 1. The average molecular weight is 366 g/mol. The molecule has 1 N–H and O–H groups in total. The first-order valence-electron chi connectivity index (χ1n) is 7.71. The molecule has 0 atom stereocenters. The molecule has 0 heterocycles. The van der Waals surface area contributed by atoms with E-state index in [2.05, 4.69) is 5.32 Å². The van der Waals surface area contributed by atoms with Gasteiger partial charge in [0.05, 0.1) is 24.2 Å². The molecular formula is C17H16F2N2O5. The third kappa shape index (κ3) is 4.24. The average Bonchev–Trinajstić information content (AvgIpc) is 2.59. The Bertz CT molecular complexity index is 842. The largest absolute Gasteiger partial charge is 0.490 e. The van der Waals surface area contributed by atoms with Crippen molar-refractivity contribution in [2.75, 3.05) is 18.5 Å². The second-order valence-corrected chi connectivity index (χ2v) is 5.02. The minimum Gasteiger partial charge on any atom is -0.490 e. The van der Waals surface area contributed by atoms with Crippen molar-refractivity contribution in [1.29, 1.82) is 0 Å². The van der Waals surface area contributed by atoms with E-state index < -0.39 is 28.2 Å². The van der Waals surface area contributed by atoms with E-state index in [9.17, 15) is 23.7 Å². The Morgan fingerprint density at radius 1 is 1.08 bits per heavy atom. The van der Waals surface area contributed by atoms with Crippen LogP contribution in [0.5, 0.6) is 11.5 Å². The Morgan fingerprint density at radius 2 is 1.69 bits per heavy atom. The van der Waals surface area contributed by atoms with Crippen molar-refractivity contribution in [3.63, 3.8) is 0 Å². The zero-order chi connectivity index (χ0) is 19.3. The Kier molecular flexibility index (Phi) is 6.05. The van der Waals surface area contributed by atoms with Crippen molar-refractivity contribution in [3.8, 4) is 11.5 Å². The first-order chi connectivity index (χ1) is 12.4. The maximum absolute atomic E-state index is 13.3. The lowest BCUT2D eigenvalue weighted by atomic mass is 10.1. The Hall–Kier alpha value is -3.23. The molecule has 0 aliphatic carbocycles. The summed E-state index contributed by atoms with van der Waals surface area (Å²) in [5, 5.41) is 13.6. The topological polar surface area (TPSA) is 90.7 Å². The number of ether oxygens (including phenoxy) is 2. The molecule has 0 unspecified atom stereocenters. The van der Waals surface area contributed by atoms with Crippen LogP contribution < -0.4 is 14.8 Å². The smallest absolute Gasteiger partial charge is 0.296 e. The fraction of sp³-hybridized carbons (Fsp3) is 0.235. The van der Waals surface area contributed by atoms with Crippen molar-refractivity contribution >= 4 is 17.3 Å². The van der Waals surface area contributed by atoms with Crippen LogP contribution in [0.1, 0.15) is 24.2 Å². The molecule has 0 saturated heterocycles. The van der Waals surface area contributed by atoms with Crippen LogP contribution in [-0.4, -0.2) is 24.0 Å². The quantitative estimate of drug-likeness (QED) is 0.592. The summed E-state index contributed by atoms with van der Waals surface area (Å²) in [5.74, 6) is -2.77. The minimum atomic E-state index is -1.20. The first kappa shape index (κ1) is 19.1. The fourth-order valence-electron chi connectivity index (χ4n) is 2.17. The number of anilines is 1. The lowest BCUT2D eigenvalue weighted by Gasteiger charge is -2.13. The van der Waals surface area contributed by atoms with E-state index in [0.717, 1.165) is 18.2 Å². The lowest BCUT2D eigenvalue weighted by Crippen LogP contribution is -2.14. The molecule has 0 saturated carbocycles. The molecule has 0 aliphatic rings. The standard InChI is InChI=1S/C17H16F2N2O5/c1-3-25-15-8-13(14(21(23)24)9-16(15)26-4-2)20-17(22)10-5-6-11(18)12(19)7-10/h5-9H,3-4H2,1-2H3,(H,20,22). The summed E-state index contributed by atoms with van der Waals surface area (Å²) in [5.41, 5.74) is -0.769. The van der Waals surface area contributed by atoms with Crippen LogP contribution in [0, 0.1) is 21.7 Å². The molecule has 0 aliphatic heterocycles. The van der Waals surface area contributed by atoms with Crippen molar-refractivity contribution in [2.45, 2.75) is 13.8 Å². The molecule has 2 rings (SSSR count). The van der Waals surface area contributed by atoms with Gasteiger partial charge >= 0.3 is 0 Å². The molecule has 7 nitrogen and oxygen atoms in total. The maximum atomic E-state index is 13.3. The molecule has 9 heteroatoms. The van der Waals surface area contributed by atoms with Crippen molar-refractivity contribution in [2.24, 2.45) is 0 Å². The van der Waals surface area contributed by atoms with Crippen molar-refractivity contribution < 1.29 is 28.0 Å². The monoisotopic (exact) mass is 366 g/mol. The molecule has 2 aromatic carbocycles. The number of halogens is 2. The number of hydrogen-bond donors (Lipinski definition) is 1. The predicted molar refractivity (Wildman–Crippen MR) is 89.7 cm³/mol. The van der Waals surface area contributed by atoms with Gasteiger partial charge in [-0.05, 0) is 32.0 Å². The number of carbonyl (C=O) groups excluding carboxylic acids is 1. The molecule has 0 spiro atoms. The molecule has 0 fully saturated rings. The van der Waals surface area contributed by atoms with Gasteiger partial charge < -0.3 is 14.8 Å². The zero-order valence-corrected chi connectivity index (χ0v) is 14.0. The summed E-state index contributed by atoms with van der Waals surface area (Å²) in [6.45, 7) is 3.96. The van der Waals surface area contributed by atoms with Crippen LogP contribution in [0.25, 0.3) is 0 Å². The Labute approximate surface area is 147 Å². The number of benzene rings is 2. The number of nitrogens with zero attached hydrogens (tertiary/aromatic N) is 1. The highest BCUT2D eigenvalue weighted by Crippen LogP contribution is 2.38. The third-order valence-corrected chi connectivity index (χ3v) is 3.29. The highest BCUT2D eigenvalue weighted by Gasteiger charge is 2.22. The van der Waals surface area contributed by atoms with Crippen LogP contribution in [0.2, 0.25) is 0 Å². The van der Waals surface area contributed by atoms with Gasteiger partial charge in [-0.2, -0.15) is 0 Å². The van der Waals surface area contributed by atoms with Crippen LogP contribution in [-0.2, 0) is 0 Å². The number of carbonyl (C=O) groups is 1. The van der Waals surface area contributed by atoms with E-state index in [1.54, 1.807) is 13.8 Å². The number of nitro groups is 1. The predicted octanol–water partition coefficient (Wildman–Crippen LogP) is 3.92. The highest BCUT2D eigenvalue weighted by molar-refractivity contribution is 6.05. The third-order valence-electron chi connectivity index (χ3n) is 3.29. The molecule has 0 aromatic heterocycles. The SMILES string of the molecule is CCOc1cc(NC(=O)c2ccc(F)c(F)c2)c([N+](=O)[O-])cc1OCC. The van der Waals surface area contributed by atoms with Crippen LogP contribution >= 0.6 is 0 Å². The van der Waals surface area contributed by atoms with Crippen molar-refractivity contribution in [1.82, 2.24) is 0 Å². The number of hydrogen-bond acceptors (Lipinski definition) is 5. The van der Waals surface area contributed by atoms with Gasteiger partial charge in [0.1, 0.15) is 5.69 Å². The van der Waals surface area contributed by atoms with Gasteiger partial charge in [0, 0.05) is 11.6 Å². The van der Waals surface area contributed by atoms with Crippen molar-refractivity contribution in [3.05, 3.63) is 57.6 Å². The van der Waals surface area contributed by atoms with E-state index in [1.165, 1.54) is 6.07 Å². The van der Waals surface area contributed by atoms with Crippen LogP contribution in [0.15, 0.2) is 30.3 Å². The Morgan fingerprint density at radius 3 is 2.23 bits per heavy atom. The molecule has 0 radical (unpaired) electrons. The van der Waals surface area contributed by atoms with E-state index >= 15 is 0 Å². The summed E-state index contributed by atoms with van der Waals surface area (Å²) in [6, 6.07) is 4.95. The maximum Gasteiger partial charge on any atom is 0.296 e. The Balaban J connectivity index is 2.42. The van der Waals surface area contributed by atoms with Crippen LogP contribution in [0.4, 0.5) is 20.2 Å². The molecule has 138 valence electrons. The summed E-state index contributed by atoms with van der Waals surface area (Å²) < 4.78 is 37.0. The molecular weight excluding hydrogens is 350 g/mol. The summed E-state index contributed by atoms with van der Waals surface area (Å²) in [7, 11) is 0. The lowest BCUT2D eigenvalue weighted by molar-refractivity contribution is -0.384. The van der Waals surface area contributed by atoms with E-state index in [4.69, 9.17) is 9.47 Å². The van der Waals surface area contributed by atoms with Crippen LogP contribution in [0.3, 0.4) is 0 Å². The van der Waals surface area contributed by atoms with E-state index in [1.807, 2.05) is 0 Å². The zero-order valence-electron chi connectivity index (χ0n) is 14.0. The van der Waals surface area contributed by atoms with Gasteiger partial charge in [-0.25, -0.2) is 8.78 Å². The highest BCUT2D eigenvalue weighted by atomic mass is 19.2. The van der Waals surface area contributed by atoms with E-state index in [0.29, 0.717) is 6.07 Å². The minimum absolute atomic E-state index is 0.156. The molecule has 1 amide bonds. The van der Waals surface area contributed by atoms with Gasteiger partial charge in [0.15, 0.2) is 23.1 Å². The van der Waals surface area contributed by atoms with Gasteiger partial charge in [-0.1, -0.05) is 0 Å². The summed E-state index contributed by atoms with van der Waals surface area (Å²) >= 11 is 0. The second-order valence-electron chi connectivity index (χ2n) is 5.02. The number of amides is 1. The molecule has 26 heavy (non-hydrogen) atoms. The van der Waals surface area contributed by atoms with Gasteiger partial charge in [0.2, 0.25) is 0 Å². The van der Waals surface area contributed by atoms with Gasteiger partial charge in [-0.15, -0.1) is 0 Å². The summed E-state index contributed by atoms with van der Waals surface area (Å²) in [6.07, 6.45) is 0. The first-order valence-corrected chi connectivity index (χ1v) is 7.71. The van der Waals surface area contributed by atoms with Gasteiger partial charge in [0.25, 0.3) is 11.6 Å². The number of rotatable bonds is 7. The number of nitrogens with one attached hydrogen (secondary N) is 1. The fourth-order valence-corrected chi connectivity index (χ4v) is 2.17.